The van der Waals surface area contributed by atoms with Crippen LogP contribution in [0.5, 0.6) is 0 Å². The van der Waals surface area contributed by atoms with Gasteiger partial charge in [0.15, 0.2) is 0 Å². The second-order valence-electron chi connectivity index (χ2n) is 5.97. The fraction of sp³-hybridized carbons (Fsp3) is 1.00. The second kappa shape index (κ2) is 27.0. The molecular formula is C20H41ClO7. The summed E-state index contributed by atoms with van der Waals surface area (Å²) in [6, 6.07) is 0. The van der Waals surface area contributed by atoms with Gasteiger partial charge in [0, 0.05) is 19.1 Å². The summed E-state index contributed by atoms with van der Waals surface area (Å²) in [6.07, 6.45) is 4.54. The maximum Gasteiger partial charge on any atom is 0.0701 e. The summed E-state index contributed by atoms with van der Waals surface area (Å²) >= 11 is 5.63. The van der Waals surface area contributed by atoms with Crippen LogP contribution in [0.15, 0.2) is 0 Å². The van der Waals surface area contributed by atoms with E-state index in [1.807, 2.05) is 6.92 Å². The first-order chi connectivity index (χ1) is 13.9. The first-order valence-corrected chi connectivity index (χ1v) is 11.1. The lowest BCUT2D eigenvalue weighted by atomic mass is 10.2. The Bertz CT molecular complexity index is 247. The lowest BCUT2D eigenvalue weighted by Crippen LogP contribution is -2.14. The van der Waals surface area contributed by atoms with E-state index in [0.717, 1.165) is 31.9 Å². The van der Waals surface area contributed by atoms with Crippen LogP contribution in [0.25, 0.3) is 0 Å². The van der Waals surface area contributed by atoms with Crippen molar-refractivity contribution in [1.29, 1.82) is 0 Å². The molecule has 7 nitrogen and oxygen atoms in total. The lowest BCUT2D eigenvalue weighted by molar-refractivity contribution is -0.0202. The zero-order valence-electron chi connectivity index (χ0n) is 17.7. The van der Waals surface area contributed by atoms with Crippen LogP contribution < -0.4 is 0 Å². The van der Waals surface area contributed by atoms with E-state index in [9.17, 15) is 0 Å². The maximum absolute atomic E-state index is 5.63. The molecular weight excluding hydrogens is 388 g/mol. The van der Waals surface area contributed by atoms with Crippen LogP contribution in [0.2, 0.25) is 0 Å². The van der Waals surface area contributed by atoms with Crippen LogP contribution in [0.4, 0.5) is 0 Å². The predicted octanol–water partition coefficient (Wildman–Crippen LogP) is 2.92. The number of unbranched alkanes of at least 4 members (excludes halogenated alkanes) is 3. The Kier molecular flexibility index (Phi) is 27.0. The standard InChI is InChI=1S/C20H41ClO7/c1-2-22-9-10-24-13-14-26-17-18-28-20-19-27-16-15-25-12-11-23-8-6-4-3-5-7-21/h2-20H2,1H3. The minimum absolute atomic E-state index is 0.557. The molecule has 170 valence electrons. The molecule has 0 fully saturated rings. The Balaban J connectivity index is 2.96. The van der Waals surface area contributed by atoms with Crippen molar-refractivity contribution in [3.05, 3.63) is 0 Å². The Hall–Kier alpha value is 0.01000. The first-order valence-electron chi connectivity index (χ1n) is 10.5. The Morgan fingerprint density at radius 2 is 0.714 bits per heavy atom. The normalized spacial score (nSPS) is 11.4. The quantitative estimate of drug-likeness (QED) is 0.163. The second-order valence-corrected chi connectivity index (χ2v) is 6.35. The molecule has 0 radical (unpaired) electrons. The van der Waals surface area contributed by atoms with E-state index in [-0.39, 0.29) is 0 Å². The first kappa shape index (κ1) is 28.0. The molecule has 0 spiro atoms. The summed E-state index contributed by atoms with van der Waals surface area (Å²) in [4.78, 5) is 0. The average molecular weight is 429 g/mol. The van der Waals surface area contributed by atoms with Gasteiger partial charge in [-0.1, -0.05) is 12.8 Å². The molecule has 0 saturated heterocycles. The third-order valence-electron chi connectivity index (χ3n) is 3.61. The summed E-state index contributed by atoms with van der Waals surface area (Å²) in [5, 5.41) is 0. The molecule has 0 aliphatic heterocycles. The van der Waals surface area contributed by atoms with E-state index in [1.54, 1.807) is 0 Å². The number of hydrogen-bond acceptors (Lipinski definition) is 7. The summed E-state index contributed by atoms with van der Waals surface area (Å²) in [5.74, 6) is 0.753. The van der Waals surface area contributed by atoms with Crippen LogP contribution in [0, 0.1) is 0 Å². The van der Waals surface area contributed by atoms with Gasteiger partial charge in [0.25, 0.3) is 0 Å². The highest BCUT2D eigenvalue weighted by Crippen LogP contribution is 2.01. The van der Waals surface area contributed by atoms with Gasteiger partial charge in [-0.05, 0) is 19.8 Å². The Labute approximate surface area is 176 Å². The molecule has 0 unspecified atom stereocenters. The van der Waals surface area contributed by atoms with Gasteiger partial charge in [0.1, 0.15) is 0 Å². The van der Waals surface area contributed by atoms with Gasteiger partial charge in [-0.25, -0.2) is 0 Å². The molecule has 0 bridgehead atoms. The van der Waals surface area contributed by atoms with Crippen molar-refractivity contribution in [3.8, 4) is 0 Å². The highest BCUT2D eigenvalue weighted by atomic mass is 35.5. The summed E-state index contributed by atoms with van der Waals surface area (Å²) < 4.78 is 37.7. The molecule has 28 heavy (non-hydrogen) atoms. The third kappa shape index (κ3) is 26.0. The van der Waals surface area contributed by atoms with Crippen molar-refractivity contribution >= 4 is 11.6 Å². The summed E-state index contributed by atoms with van der Waals surface area (Å²) in [5.41, 5.74) is 0. The zero-order valence-corrected chi connectivity index (χ0v) is 18.4. The van der Waals surface area contributed by atoms with Crippen molar-refractivity contribution in [2.75, 3.05) is 98.4 Å². The predicted molar refractivity (Wildman–Crippen MR) is 111 cm³/mol. The molecule has 0 aliphatic rings. The maximum atomic E-state index is 5.63. The van der Waals surface area contributed by atoms with E-state index >= 15 is 0 Å². The molecule has 8 heteroatoms. The van der Waals surface area contributed by atoms with Crippen LogP contribution >= 0.6 is 11.6 Å². The largest absolute Gasteiger partial charge is 0.379 e. The van der Waals surface area contributed by atoms with Crippen LogP contribution in [-0.4, -0.2) is 98.4 Å². The van der Waals surface area contributed by atoms with Gasteiger partial charge in [0.2, 0.25) is 0 Å². The van der Waals surface area contributed by atoms with E-state index in [4.69, 9.17) is 44.8 Å². The number of ether oxygens (including phenoxy) is 7. The molecule has 0 aromatic rings. The molecule has 0 rings (SSSR count). The van der Waals surface area contributed by atoms with Crippen LogP contribution in [-0.2, 0) is 33.2 Å². The van der Waals surface area contributed by atoms with Crippen molar-refractivity contribution in [1.82, 2.24) is 0 Å². The molecule has 0 amide bonds. The monoisotopic (exact) mass is 428 g/mol. The number of alkyl halides is 1. The van der Waals surface area contributed by atoms with E-state index in [1.165, 1.54) is 12.8 Å². The van der Waals surface area contributed by atoms with Gasteiger partial charge in [-0.15, -0.1) is 11.6 Å². The minimum atomic E-state index is 0.557. The van der Waals surface area contributed by atoms with E-state index in [2.05, 4.69) is 0 Å². The zero-order chi connectivity index (χ0) is 20.4. The summed E-state index contributed by atoms with van der Waals surface area (Å²) in [6.45, 7) is 10.5. The molecule has 0 aliphatic carbocycles. The Morgan fingerprint density at radius 3 is 1.07 bits per heavy atom. The smallest absolute Gasteiger partial charge is 0.0701 e. The van der Waals surface area contributed by atoms with E-state index < -0.39 is 0 Å². The van der Waals surface area contributed by atoms with E-state index in [0.29, 0.717) is 79.3 Å². The van der Waals surface area contributed by atoms with Gasteiger partial charge in [-0.2, -0.15) is 0 Å². The fourth-order valence-corrected chi connectivity index (χ4v) is 2.30. The molecule has 0 aromatic heterocycles. The van der Waals surface area contributed by atoms with Crippen molar-refractivity contribution < 1.29 is 33.2 Å². The highest BCUT2D eigenvalue weighted by Gasteiger charge is 1.95. The minimum Gasteiger partial charge on any atom is -0.379 e. The van der Waals surface area contributed by atoms with Gasteiger partial charge < -0.3 is 33.2 Å². The molecule has 0 heterocycles. The van der Waals surface area contributed by atoms with Crippen molar-refractivity contribution in [2.24, 2.45) is 0 Å². The fourth-order valence-electron chi connectivity index (χ4n) is 2.12. The SMILES string of the molecule is CCOCCOCCOCCOCCOCCOCCOCCCCCCCl. The Morgan fingerprint density at radius 1 is 0.393 bits per heavy atom. The number of hydrogen-bond donors (Lipinski definition) is 0. The molecule has 0 N–H and O–H groups in total. The van der Waals surface area contributed by atoms with Crippen LogP contribution in [0.1, 0.15) is 32.6 Å². The van der Waals surface area contributed by atoms with Crippen molar-refractivity contribution in [2.45, 2.75) is 32.6 Å². The highest BCUT2D eigenvalue weighted by molar-refractivity contribution is 6.17. The topological polar surface area (TPSA) is 64.6 Å². The van der Waals surface area contributed by atoms with Crippen molar-refractivity contribution in [3.63, 3.8) is 0 Å². The average Bonchev–Trinajstić information content (AvgIpc) is 2.71. The van der Waals surface area contributed by atoms with Gasteiger partial charge in [-0.3, -0.25) is 0 Å². The lowest BCUT2D eigenvalue weighted by Gasteiger charge is -2.08. The molecule has 0 saturated carbocycles. The number of halogens is 1. The molecule has 0 atom stereocenters. The number of rotatable bonds is 25. The molecule has 0 aromatic carbocycles. The third-order valence-corrected chi connectivity index (χ3v) is 3.88. The summed E-state index contributed by atoms with van der Waals surface area (Å²) in [7, 11) is 0. The van der Waals surface area contributed by atoms with Crippen LogP contribution in [0.3, 0.4) is 0 Å². The van der Waals surface area contributed by atoms with Gasteiger partial charge in [0.05, 0.1) is 79.3 Å². The van der Waals surface area contributed by atoms with Gasteiger partial charge >= 0.3 is 0 Å².